The highest BCUT2D eigenvalue weighted by molar-refractivity contribution is 5.70. The highest BCUT2D eigenvalue weighted by atomic mass is 16.3. The van der Waals surface area contributed by atoms with Gasteiger partial charge in [-0.25, -0.2) is 0 Å². The van der Waals surface area contributed by atoms with Crippen molar-refractivity contribution in [2.45, 2.75) is 27.2 Å². The summed E-state index contributed by atoms with van der Waals surface area (Å²) in [5.41, 5.74) is 5.10. The van der Waals surface area contributed by atoms with Crippen molar-refractivity contribution in [3.8, 4) is 0 Å². The van der Waals surface area contributed by atoms with Crippen molar-refractivity contribution in [1.29, 1.82) is 0 Å². The molecule has 0 spiro atoms. The molecule has 2 aromatic rings. The summed E-state index contributed by atoms with van der Waals surface area (Å²) in [5.74, 6) is 1.22. The van der Waals surface area contributed by atoms with Gasteiger partial charge in [0.15, 0.2) is 12.0 Å². The second-order valence-corrected chi connectivity index (χ2v) is 4.46. The van der Waals surface area contributed by atoms with Crippen molar-refractivity contribution in [3.63, 3.8) is 0 Å². The molecule has 1 aromatic carbocycles. The van der Waals surface area contributed by atoms with Crippen LogP contribution in [0.3, 0.4) is 0 Å². The summed E-state index contributed by atoms with van der Waals surface area (Å²) < 4.78 is 5.39. The van der Waals surface area contributed by atoms with Crippen molar-refractivity contribution >= 4 is 6.29 Å². The third kappa shape index (κ3) is 2.47. The molecule has 1 heterocycles. The molecule has 0 unspecified atom stereocenters. The Kier molecular flexibility index (Phi) is 3.14. The lowest BCUT2D eigenvalue weighted by Crippen LogP contribution is -1.93. The largest absolute Gasteiger partial charge is 0.458 e. The van der Waals surface area contributed by atoms with E-state index in [4.69, 9.17) is 4.42 Å². The maximum Gasteiger partial charge on any atom is 0.185 e. The Morgan fingerprint density at radius 3 is 2.41 bits per heavy atom. The van der Waals surface area contributed by atoms with Crippen LogP contribution in [0, 0.1) is 20.8 Å². The molecule has 0 fully saturated rings. The maximum absolute atomic E-state index is 10.5. The molecular formula is C15H16O2. The third-order valence-corrected chi connectivity index (χ3v) is 3.12. The van der Waals surface area contributed by atoms with Gasteiger partial charge in [-0.1, -0.05) is 12.1 Å². The van der Waals surface area contributed by atoms with Gasteiger partial charge in [0.05, 0.1) is 0 Å². The predicted molar refractivity (Wildman–Crippen MR) is 67.6 cm³/mol. The second-order valence-electron chi connectivity index (χ2n) is 4.46. The first-order valence-electron chi connectivity index (χ1n) is 5.71. The fourth-order valence-corrected chi connectivity index (χ4v) is 1.95. The zero-order chi connectivity index (χ0) is 12.4. The van der Waals surface area contributed by atoms with Crippen LogP contribution in [0.5, 0.6) is 0 Å². The Morgan fingerprint density at radius 2 is 1.76 bits per heavy atom. The average molecular weight is 228 g/mol. The first-order chi connectivity index (χ1) is 8.10. The molecule has 0 radical (unpaired) electrons. The Labute approximate surface area is 101 Å². The molecule has 2 nitrogen and oxygen atoms in total. The number of carbonyl (C=O) groups is 1. The number of aryl methyl sites for hydroxylation is 3. The lowest BCUT2D eigenvalue weighted by Gasteiger charge is -2.08. The second kappa shape index (κ2) is 4.58. The van der Waals surface area contributed by atoms with Crippen LogP contribution in [0.4, 0.5) is 0 Å². The molecule has 0 N–H and O–H groups in total. The minimum Gasteiger partial charge on any atom is -0.458 e. The van der Waals surface area contributed by atoms with Gasteiger partial charge in [0.1, 0.15) is 5.76 Å². The summed E-state index contributed by atoms with van der Waals surface area (Å²) in [6.45, 7) is 6.33. The number of aldehydes is 1. The van der Waals surface area contributed by atoms with E-state index in [2.05, 4.69) is 32.9 Å². The molecular weight excluding hydrogens is 212 g/mol. The van der Waals surface area contributed by atoms with Crippen LogP contribution in [-0.4, -0.2) is 6.29 Å². The Bertz CT molecular complexity index is 550. The topological polar surface area (TPSA) is 30.2 Å². The average Bonchev–Trinajstić information content (AvgIpc) is 2.73. The maximum atomic E-state index is 10.5. The predicted octanol–water partition coefficient (Wildman–Crippen LogP) is 3.61. The van der Waals surface area contributed by atoms with Crippen LogP contribution in [0.15, 0.2) is 28.7 Å². The van der Waals surface area contributed by atoms with Crippen molar-refractivity contribution in [2.24, 2.45) is 0 Å². The highest BCUT2D eigenvalue weighted by Gasteiger charge is 2.06. The van der Waals surface area contributed by atoms with Gasteiger partial charge in [-0.15, -0.1) is 0 Å². The quantitative estimate of drug-likeness (QED) is 0.751. The van der Waals surface area contributed by atoms with E-state index in [-0.39, 0.29) is 0 Å². The fourth-order valence-electron chi connectivity index (χ4n) is 1.95. The number of benzene rings is 1. The summed E-state index contributed by atoms with van der Waals surface area (Å²) in [5, 5.41) is 0. The van der Waals surface area contributed by atoms with Crippen LogP contribution in [-0.2, 0) is 6.42 Å². The van der Waals surface area contributed by atoms with Gasteiger partial charge in [-0.2, -0.15) is 0 Å². The minimum absolute atomic E-state index is 0.390. The number of hydrogen-bond acceptors (Lipinski definition) is 2. The lowest BCUT2D eigenvalue weighted by atomic mass is 9.98. The van der Waals surface area contributed by atoms with Crippen LogP contribution in [0.2, 0.25) is 0 Å². The molecule has 88 valence electrons. The normalized spacial score (nSPS) is 10.5. The lowest BCUT2D eigenvalue weighted by molar-refractivity contribution is 0.109. The molecule has 2 rings (SSSR count). The molecule has 0 amide bonds. The SMILES string of the molecule is Cc1cc(C)c(Cc2ccc(C=O)o2)cc1C. The monoisotopic (exact) mass is 228 g/mol. The van der Waals surface area contributed by atoms with Gasteiger partial charge >= 0.3 is 0 Å². The summed E-state index contributed by atoms with van der Waals surface area (Å²) in [6.07, 6.45) is 1.47. The molecule has 17 heavy (non-hydrogen) atoms. The van der Waals surface area contributed by atoms with E-state index in [9.17, 15) is 4.79 Å². The number of carbonyl (C=O) groups excluding carboxylic acids is 1. The van der Waals surface area contributed by atoms with E-state index in [1.165, 1.54) is 22.3 Å². The van der Waals surface area contributed by atoms with E-state index in [1.807, 2.05) is 6.07 Å². The van der Waals surface area contributed by atoms with E-state index >= 15 is 0 Å². The first-order valence-corrected chi connectivity index (χ1v) is 5.71. The smallest absolute Gasteiger partial charge is 0.185 e. The highest BCUT2D eigenvalue weighted by Crippen LogP contribution is 2.19. The fraction of sp³-hybridized carbons (Fsp3) is 0.267. The summed E-state index contributed by atoms with van der Waals surface area (Å²) >= 11 is 0. The van der Waals surface area contributed by atoms with Crippen LogP contribution in [0.25, 0.3) is 0 Å². The van der Waals surface area contributed by atoms with Crippen LogP contribution in [0.1, 0.15) is 38.6 Å². The first kappa shape index (κ1) is 11.6. The van der Waals surface area contributed by atoms with Gasteiger partial charge in [0.25, 0.3) is 0 Å². The summed E-state index contributed by atoms with van der Waals surface area (Å²) in [4.78, 5) is 10.5. The molecule has 2 heteroatoms. The Morgan fingerprint density at radius 1 is 1.06 bits per heavy atom. The Hall–Kier alpha value is -1.83. The molecule has 0 aliphatic rings. The van der Waals surface area contributed by atoms with E-state index in [1.54, 1.807) is 6.07 Å². The number of furan rings is 1. The zero-order valence-electron chi connectivity index (χ0n) is 10.4. The van der Waals surface area contributed by atoms with Gasteiger partial charge in [0, 0.05) is 6.42 Å². The number of hydrogen-bond donors (Lipinski definition) is 0. The molecule has 0 saturated heterocycles. The summed E-state index contributed by atoms with van der Waals surface area (Å²) in [7, 11) is 0. The summed E-state index contributed by atoms with van der Waals surface area (Å²) in [6, 6.07) is 7.94. The van der Waals surface area contributed by atoms with E-state index < -0.39 is 0 Å². The Balaban J connectivity index is 2.29. The van der Waals surface area contributed by atoms with Crippen molar-refractivity contribution < 1.29 is 9.21 Å². The standard InChI is InChI=1S/C15H16O2/c1-10-6-12(3)13(7-11(10)2)8-14-4-5-15(9-16)17-14/h4-7,9H,8H2,1-3H3. The molecule has 0 bridgehead atoms. The van der Waals surface area contributed by atoms with Gasteiger partial charge in [-0.3, -0.25) is 4.79 Å². The van der Waals surface area contributed by atoms with Crippen LogP contribution < -0.4 is 0 Å². The van der Waals surface area contributed by atoms with Crippen molar-refractivity contribution in [3.05, 3.63) is 58.0 Å². The van der Waals surface area contributed by atoms with E-state index in [0.29, 0.717) is 5.76 Å². The van der Waals surface area contributed by atoms with Crippen molar-refractivity contribution in [2.75, 3.05) is 0 Å². The molecule has 0 atom stereocenters. The molecule has 0 saturated carbocycles. The van der Waals surface area contributed by atoms with Gasteiger partial charge in [0.2, 0.25) is 0 Å². The zero-order valence-corrected chi connectivity index (χ0v) is 10.4. The van der Waals surface area contributed by atoms with Crippen molar-refractivity contribution in [1.82, 2.24) is 0 Å². The molecule has 1 aromatic heterocycles. The van der Waals surface area contributed by atoms with E-state index in [0.717, 1.165) is 18.5 Å². The number of rotatable bonds is 3. The van der Waals surface area contributed by atoms with Gasteiger partial charge in [-0.05, 0) is 55.2 Å². The molecule has 0 aliphatic carbocycles. The van der Waals surface area contributed by atoms with Gasteiger partial charge < -0.3 is 4.42 Å². The van der Waals surface area contributed by atoms with Crippen LogP contribution >= 0.6 is 0 Å². The third-order valence-electron chi connectivity index (χ3n) is 3.12. The minimum atomic E-state index is 0.390. The molecule has 0 aliphatic heterocycles.